The molecule has 0 fully saturated rings. The molecule has 2 heterocycles. The zero-order chi connectivity index (χ0) is 12.5. The molecule has 4 nitrogen and oxygen atoms in total. The first-order valence-corrected chi connectivity index (χ1v) is 6.06. The molecular weight excluding hydrogens is 292 g/mol. The second-order valence-electron chi connectivity index (χ2n) is 3.80. The number of nitrogens with zero attached hydrogens (tertiary/aromatic N) is 4. The van der Waals surface area contributed by atoms with Gasteiger partial charge in [0.25, 0.3) is 0 Å². The van der Waals surface area contributed by atoms with Gasteiger partial charge in [-0.1, -0.05) is 28.1 Å². The predicted molar refractivity (Wildman–Crippen MR) is 70.8 cm³/mol. The van der Waals surface area contributed by atoms with Crippen LogP contribution < -0.4 is 0 Å². The van der Waals surface area contributed by atoms with Gasteiger partial charge in [0.05, 0.1) is 0 Å². The van der Waals surface area contributed by atoms with Crippen molar-refractivity contribution >= 4 is 21.7 Å². The van der Waals surface area contributed by atoms with E-state index in [1.165, 1.54) is 0 Å². The van der Waals surface area contributed by atoms with Crippen molar-refractivity contribution in [1.29, 1.82) is 5.26 Å². The average molecular weight is 299 g/mol. The minimum Gasteiger partial charge on any atom is -0.289 e. The molecule has 0 saturated heterocycles. The molecule has 0 aliphatic heterocycles. The van der Waals surface area contributed by atoms with E-state index >= 15 is 0 Å². The van der Waals surface area contributed by atoms with Crippen molar-refractivity contribution in [3.8, 4) is 17.2 Å². The summed E-state index contributed by atoms with van der Waals surface area (Å²) in [7, 11) is 0. The van der Waals surface area contributed by atoms with Crippen molar-refractivity contribution in [3.05, 3.63) is 53.0 Å². The molecule has 0 atom stereocenters. The van der Waals surface area contributed by atoms with Crippen LogP contribution in [0.1, 0.15) is 5.69 Å². The topological polar surface area (TPSA) is 54.0 Å². The van der Waals surface area contributed by atoms with Crippen LogP contribution in [0.5, 0.6) is 0 Å². The van der Waals surface area contributed by atoms with Crippen LogP contribution >= 0.6 is 15.9 Å². The molecule has 0 aliphatic carbocycles. The Morgan fingerprint density at radius 3 is 2.89 bits per heavy atom. The van der Waals surface area contributed by atoms with E-state index in [1.807, 2.05) is 36.5 Å². The molecule has 0 unspecified atom stereocenters. The van der Waals surface area contributed by atoms with Gasteiger partial charge in [0.2, 0.25) is 5.78 Å². The number of rotatable bonds is 1. The van der Waals surface area contributed by atoms with E-state index in [4.69, 9.17) is 5.26 Å². The van der Waals surface area contributed by atoms with E-state index in [-0.39, 0.29) is 0 Å². The summed E-state index contributed by atoms with van der Waals surface area (Å²) in [5.74, 6) is 0.533. The Morgan fingerprint density at radius 2 is 2.11 bits per heavy atom. The maximum absolute atomic E-state index is 8.80. The fourth-order valence-corrected chi connectivity index (χ4v) is 2.16. The standard InChI is InChI=1S/C13H7BrN4/c14-11-3-1-2-9(4-11)10-6-16-13-17-12(5-15)8-18(13)7-10/h1-4,6-8H. The number of imidazole rings is 1. The van der Waals surface area contributed by atoms with Gasteiger partial charge in [0.15, 0.2) is 5.69 Å². The molecule has 5 heteroatoms. The second kappa shape index (κ2) is 4.24. The molecule has 2 aromatic heterocycles. The number of fused-ring (bicyclic) bond motifs is 1. The minimum absolute atomic E-state index is 0.369. The van der Waals surface area contributed by atoms with Gasteiger partial charge in [-0.05, 0) is 17.7 Å². The summed E-state index contributed by atoms with van der Waals surface area (Å²) in [6.07, 6.45) is 5.34. The van der Waals surface area contributed by atoms with Crippen molar-refractivity contribution in [2.45, 2.75) is 0 Å². The number of benzene rings is 1. The van der Waals surface area contributed by atoms with E-state index in [1.54, 1.807) is 16.8 Å². The lowest BCUT2D eigenvalue weighted by atomic mass is 10.1. The first-order valence-electron chi connectivity index (χ1n) is 5.27. The molecule has 0 amide bonds. The second-order valence-corrected chi connectivity index (χ2v) is 4.71. The predicted octanol–water partition coefficient (Wildman–Crippen LogP) is 3.03. The van der Waals surface area contributed by atoms with Crippen molar-refractivity contribution in [3.63, 3.8) is 0 Å². The van der Waals surface area contributed by atoms with Crippen LogP contribution in [-0.2, 0) is 0 Å². The first kappa shape index (κ1) is 10.9. The van der Waals surface area contributed by atoms with Gasteiger partial charge in [-0.25, -0.2) is 4.98 Å². The lowest BCUT2D eigenvalue weighted by Gasteiger charge is -2.02. The number of nitriles is 1. The number of hydrogen-bond acceptors (Lipinski definition) is 3. The third kappa shape index (κ3) is 1.87. The van der Waals surface area contributed by atoms with E-state index in [0.717, 1.165) is 15.6 Å². The van der Waals surface area contributed by atoms with Crippen LogP contribution in [-0.4, -0.2) is 14.4 Å². The van der Waals surface area contributed by atoms with Crippen LogP contribution in [0.4, 0.5) is 0 Å². The van der Waals surface area contributed by atoms with Crippen LogP contribution in [0, 0.1) is 11.3 Å². The molecule has 18 heavy (non-hydrogen) atoms. The Bertz CT molecular complexity index is 770. The van der Waals surface area contributed by atoms with Crippen molar-refractivity contribution in [1.82, 2.24) is 14.4 Å². The summed E-state index contributed by atoms with van der Waals surface area (Å²) in [6.45, 7) is 0. The normalized spacial score (nSPS) is 10.4. The molecule has 0 aliphatic rings. The van der Waals surface area contributed by atoms with Crippen LogP contribution in [0.3, 0.4) is 0 Å². The largest absolute Gasteiger partial charge is 0.289 e. The van der Waals surface area contributed by atoms with Gasteiger partial charge < -0.3 is 0 Å². The van der Waals surface area contributed by atoms with Gasteiger partial charge in [0, 0.05) is 28.6 Å². The highest BCUT2D eigenvalue weighted by atomic mass is 79.9. The molecule has 3 aromatic rings. The summed E-state index contributed by atoms with van der Waals surface area (Å²) < 4.78 is 2.78. The zero-order valence-electron chi connectivity index (χ0n) is 9.21. The molecule has 0 spiro atoms. The van der Waals surface area contributed by atoms with E-state index < -0.39 is 0 Å². The SMILES string of the molecule is N#Cc1cn2cc(-c3cccc(Br)c3)cnc2n1. The van der Waals surface area contributed by atoms with Crippen LogP contribution in [0.15, 0.2) is 47.3 Å². The Labute approximate surface area is 112 Å². The van der Waals surface area contributed by atoms with Gasteiger partial charge in [-0.3, -0.25) is 4.40 Å². The van der Waals surface area contributed by atoms with Crippen LogP contribution in [0.2, 0.25) is 0 Å². The quantitative estimate of drug-likeness (QED) is 0.694. The summed E-state index contributed by atoms with van der Waals surface area (Å²) >= 11 is 3.44. The molecule has 86 valence electrons. The monoisotopic (exact) mass is 298 g/mol. The zero-order valence-corrected chi connectivity index (χ0v) is 10.8. The van der Waals surface area contributed by atoms with E-state index in [9.17, 15) is 0 Å². The fourth-order valence-electron chi connectivity index (χ4n) is 1.76. The maximum Gasteiger partial charge on any atom is 0.235 e. The van der Waals surface area contributed by atoms with E-state index in [0.29, 0.717) is 11.5 Å². The smallest absolute Gasteiger partial charge is 0.235 e. The molecule has 1 aromatic carbocycles. The Morgan fingerprint density at radius 1 is 1.22 bits per heavy atom. The Hall–Kier alpha value is -2.19. The van der Waals surface area contributed by atoms with Crippen LogP contribution in [0.25, 0.3) is 16.9 Å². The maximum atomic E-state index is 8.80. The third-order valence-electron chi connectivity index (χ3n) is 2.58. The first-order chi connectivity index (χ1) is 8.76. The number of aromatic nitrogens is 3. The van der Waals surface area contributed by atoms with Gasteiger partial charge >= 0.3 is 0 Å². The average Bonchev–Trinajstić information content (AvgIpc) is 2.80. The molecule has 0 radical (unpaired) electrons. The summed E-state index contributed by atoms with van der Waals surface area (Å²) in [6, 6.07) is 9.98. The lowest BCUT2D eigenvalue weighted by molar-refractivity contribution is 1.11. The van der Waals surface area contributed by atoms with Crippen molar-refractivity contribution < 1.29 is 0 Å². The summed E-state index contributed by atoms with van der Waals surface area (Å²) in [4.78, 5) is 8.31. The van der Waals surface area contributed by atoms with Crippen molar-refractivity contribution in [2.75, 3.05) is 0 Å². The molecule has 0 saturated carbocycles. The van der Waals surface area contributed by atoms with Gasteiger partial charge in [-0.2, -0.15) is 10.2 Å². The number of hydrogen-bond donors (Lipinski definition) is 0. The van der Waals surface area contributed by atoms with E-state index in [2.05, 4.69) is 25.9 Å². The fraction of sp³-hybridized carbons (Fsp3) is 0. The molecular formula is C13H7BrN4. The Balaban J connectivity index is 2.16. The summed E-state index contributed by atoms with van der Waals surface area (Å²) in [5, 5.41) is 8.80. The highest BCUT2D eigenvalue weighted by molar-refractivity contribution is 9.10. The summed E-state index contributed by atoms with van der Waals surface area (Å²) in [5.41, 5.74) is 2.41. The highest BCUT2D eigenvalue weighted by Crippen LogP contribution is 2.22. The lowest BCUT2D eigenvalue weighted by Crippen LogP contribution is -1.89. The highest BCUT2D eigenvalue weighted by Gasteiger charge is 2.04. The molecule has 0 bridgehead atoms. The third-order valence-corrected chi connectivity index (χ3v) is 3.08. The Kier molecular flexibility index (Phi) is 2.58. The van der Waals surface area contributed by atoms with Gasteiger partial charge in [0.1, 0.15) is 6.07 Å². The number of halogens is 1. The van der Waals surface area contributed by atoms with Crippen molar-refractivity contribution in [2.24, 2.45) is 0 Å². The molecule has 3 rings (SSSR count). The molecule has 0 N–H and O–H groups in total. The minimum atomic E-state index is 0.369. The van der Waals surface area contributed by atoms with Gasteiger partial charge in [-0.15, -0.1) is 0 Å².